The number of rotatable bonds is 7. The highest BCUT2D eigenvalue weighted by atomic mass is 35.5. The zero-order valence-corrected chi connectivity index (χ0v) is 13.3. The van der Waals surface area contributed by atoms with Crippen molar-refractivity contribution < 1.29 is 14.6 Å². The zero-order chi connectivity index (χ0) is 14.4. The zero-order valence-electron chi connectivity index (χ0n) is 12.5. The molecule has 1 heterocycles. The minimum Gasteiger partial charge on any atom is -0.497 e. The third-order valence-corrected chi connectivity index (χ3v) is 3.93. The van der Waals surface area contributed by atoms with Gasteiger partial charge < -0.3 is 9.84 Å². The quantitative estimate of drug-likeness (QED) is 0.783. The Kier molecular flexibility index (Phi) is 7.54. The standard InChI is InChI=1S/C16H23NO3.ClH/c1-20-14-7-4-6-13(12-14)15-8-5-11-17(15)10-3-2-9-16(18)19;/h4,6-7,12,15H,2-3,5,8-11H2,1H3,(H,18,19);1H. The van der Waals surface area contributed by atoms with Gasteiger partial charge in [0.2, 0.25) is 0 Å². The van der Waals surface area contributed by atoms with E-state index >= 15 is 0 Å². The molecule has 0 bridgehead atoms. The summed E-state index contributed by atoms with van der Waals surface area (Å²) in [6, 6.07) is 8.73. The van der Waals surface area contributed by atoms with Crippen LogP contribution < -0.4 is 4.74 Å². The highest BCUT2D eigenvalue weighted by Gasteiger charge is 2.25. The lowest BCUT2D eigenvalue weighted by Crippen LogP contribution is -2.24. The van der Waals surface area contributed by atoms with Gasteiger partial charge in [-0.15, -0.1) is 12.4 Å². The molecule has 1 N–H and O–H groups in total. The number of unbranched alkanes of at least 4 members (excludes halogenated alkanes) is 1. The molecule has 2 rings (SSSR count). The van der Waals surface area contributed by atoms with Crippen LogP contribution in [0.4, 0.5) is 0 Å². The lowest BCUT2D eigenvalue weighted by Gasteiger charge is -2.25. The van der Waals surface area contributed by atoms with Crippen LogP contribution in [0.2, 0.25) is 0 Å². The number of benzene rings is 1. The van der Waals surface area contributed by atoms with Crippen molar-refractivity contribution in [1.29, 1.82) is 0 Å². The van der Waals surface area contributed by atoms with E-state index in [1.807, 2.05) is 12.1 Å². The molecule has 0 amide bonds. The minimum atomic E-state index is -0.698. The van der Waals surface area contributed by atoms with Gasteiger partial charge in [-0.05, 0) is 56.5 Å². The fraction of sp³-hybridized carbons (Fsp3) is 0.562. The van der Waals surface area contributed by atoms with Crippen molar-refractivity contribution in [2.45, 2.75) is 38.1 Å². The van der Waals surface area contributed by atoms with E-state index in [1.165, 1.54) is 18.4 Å². The SMILES string of the molecule is COc1cccc(C2CCCN2CCCCC(=O)O)c1.Cl. The molecule has 0 radical (unpaired) electrons. The molecule has 1 fully saturated rings. The number of hydrogen-bond donors (Lipinski definition) is 1. The number of methoxy groups -OCH3 is 1. The highest BCUT2D eigenvalue weighted by molar-refractivity contribution is 5.85. The molecule has 0 spiro atoms. The Hall–Kier alpha value is -1.26. The van der Waals surface area contributed by atoms with Gasteiger partial charge in [-0.2, -0.15) is 0 Å². The summed E-state index contributed by atoms with van der Waals surface area (Å²) in [6.07, 6.45) is 4.37. The van der Waals surface area contributed by atoms with Gasteiger partial charge in [0.05, 0.1) is 7.11 Å². The van der Waals surface area contributed by atoms with E-state index in [0.29, 0.717) is 6.04 Å². The van der Waals surface area contributed by atoms with Crippen molar-refractivity contribution in [1.82, 2.24) is 4.90 Å². The topological polar surface area (TPSA) is 49.8 Å². The molecule has 4 nitrogen and oxygen atoms in total. The van der Waals surface area contributed by atoms with Crippen LogP contribution in [0.3, 0.4) is 0 Å². The molecule has 118 valence electrons. The summed E-state index contributed by atoms with van der Waals surface area (Å²) in [7, 11) is 1.69. The van der Waals surface area contributed by atoms with E-state index < -0.39 is 5.97 Å². The van der Waals surface area contributed by atoms with Crippen molar-refractivity contribution >= 4 is 18.4 Å². The van der Waals surface area contributed by atoms with Crippen LogP contribution in [0, 0.1) is 0 Å². The van der Waals surface area contributed by atoms with Crippen molar-refractivity contribution in [2.75, 3.05) is 20.2 Å². The molecule has 5 heteroatoms. The second-order valence-corrected chi connectivity index (χ2v) is 5.32. The van der Waals surface area contributed by atoms with Crippen molar-refractivity contribution in [3.8, 4) is 5.75 Å². The molecule has 1 unspecified atom stereocenters. The number of ether oxygens (including phenoxy) is 1. The summed E-state index contributed by atoms with van der Waals surface area (Å²) >= 11 is 0. The van der Waals surface area contributed by atoms with Crippen LogP contribution in [0.5, 0.6) is 5.75 Å². The summed E-state index contributed by atoms with van der Waals surface area (Å²) in [5, 5.41) is 8.67. The van der Waals surface area contributed by atoms with Gasteiger partial charge in [-0.1, -0.05) is 12.1 Å². The average molecular weight is 314 g/mol. The predicted molar refractivity (Wildman–Crippen MR) is 85.3 cm³/mol. The van der Waals surface area contributed by atoms with Crippen molar-refractivity contribution in [3.63, 3.8) is 0 Å². The molecule has 0 saturated carbocycles. The van der Waals surface area contributed by atoms with Crippen molar-refractivity contribution in [2.24, 2.45) is 0 Å². The number of carboxylic acid groups (broad SMARTS) is 1. The smallest absolute Gasteiger partial charge is 0.303 e. The van der Waals surface area contributed by atoms with Crippen molar-refractivity contribution in [3.05, 3.63) is 29.8 Å². The molecule has 1 aromatic rings. The first-order chi connectivity index (χ1) is 9.70. The Balaban J connectivity index is 0.00000220. The number of aliphatic carboxylic acids is 1. The predicted octanol–water partition coefficient (Wildman–Crippen LogP) is 3.51. The maximum Gasteiger partial charge on any atom is 0.303 e. The summed E-state index contributed by atoms with van der Waals surface area (Å²) in [4.78, 5) is 13.0. The van der Waals surface area contributed by atoms with E-state index in [0.717, 1.165) is 31.7 Å². The van der Waals surface area contributed by atoms with E-state index in [4.69, 9.17) is 9.84 Å². The number of nitrogens with zero attached hydrogens (tertiary/aromatic N) is 1. The summed E-state index contributed by atoms with van der Waals surface area (Å²) in [6.45, 7) is 2.09. The van der Waals surface area contributed by atoms with Gasteiger partial charge >= 0.3 is 5.97 Å². The van der Waals surface area contributed by atoms with Crippen LogP contribution in [0.25, 0.3) is 0 Å². The summed E-state index contributed by atoms with van der Waals surface area (Å²) < 4.78 is 5.29. The van der Waals surface area contributed by atoms with Gasteiger partial charge in [0, 0.05) is 12.5 Å². The highest BCUT2D eigenvalue weighted by Crippen LogP contribution is 2.33. The Morgan fingerprint density at radius 2 is 2.24 bits per heavy atom. The van der Waals surface area contributed by atoms with Gasteiger partial charge in [-0.3, -0.25) is 9.69 Å². The van der Waals surface area contributed by atoms with Crippen LogP contribution >= 0.6 is 12.4 Å². The Bertz CT molecular complexity index is 453. The average Bonchev–Trinajstić information content (AvgIpc) is 2.92. The van der Waals surface area contributed by atoms with Gasteiger partial charge in [0.15, 0.2) is 0 Å². The summed E-state index contributed by atoms with van der Waals surface area (Å²) in [5.41, 5.74) is 1.31. The van der Waals surface area contributed by atoms with Gasteiger partial charge in [0.1, 0.15) is 5.75 Å². The largest absolute Gasteiger partial charge is 0.497 e. The lowest BCUT2D eigenvalue weighted by atomic mass is 10.0. The first kappa shape index (κ1) is 17.8. The fourth-order valence-corrected chi connectivity index (χ4v) is 2.91. The molecular weight excluding hydrogens is 290 g/mol. The number of likely N-dealkylation sites (tertiary alicyclic amines) is 1. The van der Waals surface area contributed by atoms with E-state index in [2.05, 4.69) is 17.0 Å². The molecular formula is C16H24ClNO3. The van der Waals surface area contributed by atoms with Gasteiger partial charge in [0.25, 0.3) is 0 Å². The second kappa shape index (κ2) is 8.90. The maximum atomic E-state index is 10.5. The molecule has 1 aromatic carbocycles. The monoisotopic (exact) mass is 313 g/mol. The first-order valence-electron chi connectivity index (χ1n) is 7.30. The Morgan fingerprint density at radius 1 is 1.43 bits per heavy atom. The fourth-order valence-electron chi connectivity index (χ4n) is 2.91. The van der Waals surface area contributed by atoms with Crippen LogP contribution in [0.1, 0.15) is 43.7 Å². The van der Waals surface area contributed by atoms with E-state index in [9.17, 15) is 4.79 Å². The Morgan fingerprint density at radius 3 is 2.95 bits per heavy atom. The van der Waals surface area contributed by atoms with Crippen LogP contribution in [-0.2, 0) is 4.79 Å². The number of carboxylic acids is 1. The Labute approximate surface area is 132 Å². The molecule has 1 saturated heterocycles. The van der Waals surface area contributed by atoms with Crippen LogP contribution in [0.15, 0.2) is 24.3 Å². The molecule has 1 atom stereocenters. The summed E-state index contributed by atoms with van der Waals surface area (Å²) in [5.74, 6) is 0.205. The minimum absolute atomic E-state index is 0. The molecule has 0 aromatic heterocycles. The first-order valence-corrected chi connectivity index (χ1v) is 7.30. The van der Waals surface area contributed by atoms with E-state index in [-0.39, 0.29) is 18.8 Å². The maximum absolute atomic E-state index is 10.5. The van der Waals surface area contributed by atoms with Crippen LogP contribution in [-0.4, -0.2) is 36.2 Å². The molecule has 21 heavy (non-hydrogen) atoms. The number of carbonyl (C=O) groups is 1. The second-order valence-electron chi connectivity index (χ2n) is 5.32. The number of hydrogen-bond acceptors (Lipinski definition) is 3. The third kappa shape index (κ3) is 5.21. The third-order valence-electron chi connectivity index (χ3n) is 3.93. The lowest BCUT2D eigenvalue weighted by molar-refractivity contribution is -0.137. The molecule has 1 aliphatic rings. The van der Waals surface area contributed by atoms with E-state index in [1.54, 1.807) is 7.11 Å². The molecule has 0 aliphatic carbocycles. The number of halogens is 1. The normalized spacial score (nSPS) is 18.2. The van der Waals surface area contributed by atoms with Gasteiger partial charge in [-0.25, -0.2) is 0 Å². The molecule has 1 aliphatic heterocycles.